The first-order valence-electron chi connectivity index (χ1n) is 5.33. The van der Waals surface area contributed by atoms with Gasteiger partial charge in [0.2, 0.25) is 5.91 Å². The van der Waals surface area contributed by atoms with Crippen molar-refractivity contribution in [1.82, 2.24) is 4.90 Å². The van der Waals surface area contributed by atoms with Crippen LogP contribution in [0.25, 0.3) is 0 Å². The van der Waals surface area contributed by atoms with Crippen molar-refractivity contribution in [2.24, 2.45) is 0 Å². The van der Waals surface area contributed by atoms with Gasteiger partial charge < -0.3 is 14.7 Å². The molecule has 2 aliphatic rings. The summed E-state index contributed by atoms with van der Waals surface area (Å²) in [5.74, 6) is 0.133. The van der Waals surface area contributed by atoms with E-state index < -0.39 is 0 Å². The SMILES string of the molecule is O=C(CC1CCCO1)N1CC[C@@H](O)C1. The zero-order valence-electron chi connectivity index (χ0n) is 8.32. The van der Waals surface area contributed by atoms with Gasteiger partial charge >= 0.3 is 0 Å². The fourth-order valence-corrected chi connectivity index (χ4v) is 2.10. The lowest BCUT2D eigenvalue weighted by Gasteiger charge is -2.17. The zero-order chi connectivity index (χ0) is 9.97. The van der Waals surface area contributed by atoms with Crippen LogP contribution in [-0.2, 0) is 9.53 Å². The molecule has 2 rings (SSSR count). The molecule has 2 atom stereocenters. The van der Waals surface area contributed by atoms with Crippen LogP contribution in [0, 0.1) is 0 Å². The van der Waals surface area contributed by atoms with Crippen molar-refractivity contribution in [3.63, 3.8) is 0 Å². The van der Waals surface area contributed by atoms with Gasteiger partial charge in [-0.3, -0.25) is 4.79 Å². The number of nitrogens with zero attached hydrogens (tertiary/aromatic N) is 1. The third-order valence-electron chi connectivity index (χ3n) is 2.94. The lowest BCUT2D eigenvalue weighted by Crippen LogP contribution is -2.32. The Bertz CT molecular complexity index is 213. The summed E-state index contributed by atoms with van der Waals surface area (Å²) < 4.78 is 5.40. The highest BCUT2D eigenvalue weighted by Gasteiger charge is 2.27. The van der Waals surface area contributed by atoms with Gasteiger partial charge in [0, 0.05) is 19.7 Å². The number of carbonyl (C=O) groups is 1. The van der Waals surface area contributed by atoms with Gasteiger partial charge in [0.15, 0.2) is 0 Å². The van der Waals surface area contributed by atoms with E-state index in [0.29, 0.717) is 19.5 Å². The number of rotatable bonds is 2. The molecule has 4 heteroatoms. The molecule has 1 N–H and O–H groups in total. The van der Waals surface area contributed by atoms with Crippen LogP contribution in [0.15, 0.2) is 0 Å². The Morgan fingerprint density at radius 1 is 1.50 bits per heavy atom. The standard InChI is InChI=1S/C10H17NO3/c12-8-3-4-11(7-8)10(13)6-9-2-1-5-14-9/h8-9,12H,1-7H2/t8-,9?/m1/s1. The highest BCUT2D eigenvalue weighted by Crippen LogP contribution is 2.18. The molecule has 80 valence electrons. The van der Waals surface area contributed by atoms with Gasteiger partial charge in [0.1, 0.15) is 0 Å². The normalized spacial score (nSPS) is 32.5. The van der Waals surface area contributed by atoms with Crippen LogP contribution in [0.3, 0.4) is 0 Å². The average molecular weight is 199 g/mol. The van der Waals surface area contributed by atoms with E-state index in [-0.39, 0.29) is 18.1 Å². The van der Waals surface area contributed by atoms with E-state index in [1.807, 2.05) is 0 Å². The molecule has 2 heterocycles. The summed E-state index contributed by atoms with van der Waals surface area (Å²) in [5, 5.41) is 9.28. The largest absolute Gasteiger partial charge is 0.391 e. The molecule has 1 unspecified atom stereocenters. The molecule has 14 heavy (non-hydrogen) atoms. The molecule has 0 aromatic heterocycles. The maximum atomic E-state index is 11.7. The lowest BCUT2D eigenvalue weighted by atomic mass is 10.1. The van der Waals surface area contributed by atoms with Gasteiger partial charge in [-0.15, -0.1) is 0 Å². The zero-order valence-corrected chi connectivity index (χ0v) is 8.32. The first kappa shape index (κ1) is 9.93. The Labute approximate surface area is 83.8 Å². The van der Waals surface area contributed by atoms with Crippen LogP contribution in [0.4, 0.5) is 0 Å². The summed E-state index contributed by atoms with van der Waals surface area (Å²) in [6, 6.07) is 0. The van der Waals surface area contributed by atoms with Crippen LogP contribution < -0.4 is 0 Å². The molecule has 0 aromatic rings. The molecular weight excluding hydrogens is 182 g/mol. The summed E-state index contributed by atoms with van der Waals surface area (Å²) in [6.45, 7) is 2.00. The molecule has 0 aromatic carbocycles. The van der Waals surface area contributed by atoms with Crippen molar-refractivity contribution in [3.05, 3.63) is 0 Å². The lowest BCUT2D eigenvalue weighted by molar-refractivity contribution is -0.132. The van der Waals surface area contributed by atoms with E-state index in [1.54, 1.807) is 4.90 Å². The predicted octanol–water partition coefficient (Wildman–Crippen LogP) is 0.149. The van der Waals surface area contributed by atoms with Crippen molar-refractivity contribution >= 4 is 5.91 Å². The summed E-state index contributed by atoms with van der Waals surface area (Å²) >= 11 is 0. The summed E-state index contributed by atoms with van der Waals surface area (Å²) in [4.78, 5) is 13.4. The van der Waals surface area contributed by atoms with Gasteiger partial charge in [-0.05, 0) is 19.3 Å². The quantitative estimate of drug-likeness (QED) is 0.688. The molecule has 4 nitrogen and oxygen atoms in total. The molecule has 0 aliphatic carbocycles. The Morgan fingerprint density at radius 3 is 2.93 bits per heavy atom. The fourth-order valence-electron chi connectivity index (χ4n) is 2.10. The molecule has 0 bridgehead atoms. The van der Waals surface area contributed by atoms with Crippen molar-refractivity contribution in [2.75, 3.05) is 19.7 Å². The fraction of sp³-hybridized carbons (Fsp3) is 0.900. The van der Waals surface area contributed by atoms with E-state index in [1.165, 1.54) is 0 Å². The van der Waals surface area contributed by atoms with E-state index in [2.05, 4.69) is 0 Å². The first-order valence-corrected chi connectivity index (χ1v) is 5.33. The van der Waals surface area contributed by atoms with Crippen LogP contribution in [0.5, 0.6) is 0 Å². The minimum Gasteiger partial charge on any atom is -0.391 e. The molecule has 2 aliphatic heterocycles. The molecule has 1 amide bonds. The number of aliphatic hydroxyl groups is 1. The monoisotopic (exact) mass is 199 g/mol. The first-order chi connectivity index (χ1) is 6.75. The minimum atomic E-state index is -0.316. The van der Waals surface area contributed by atoms with Crippen LogP contribution in [-0.4, -0.2) is 47.8 Å². The van der Waals surface area contributed by atoms with Gasteiger partial charge in [0.25, 0.3) is 0 Å². The van der Waals surface area contributed by atoms with Gasteiger partial charge in [-0.1, -0.05) is 0 Å². The van der Waals surface area contributed by atoms with E-state index in [9.17, 15) is 9.90 Å². The molecular formula is C10H17NO3. The smallest absolute Gasteiger partial charge is 0.225 e. The Balaban J connectivity index is 1.77. The van der Waals surface area contributed by atoms with E-state index >= 15 is 0 Å². The van der Waals surface area contributed by atoms with Crippen molar-refractivity contribution < 1.29 is 14.6 Å². The highest BCUT2D eigenvalue weighted by atomic mass is 16.5. The Kier molecular flexibility index (Phi) is 3.03. The second-order valence-electron chi connectivity index (χ2n) is 4.12. The van der Waals surface area contributed by atoms with Gasteiger partial charge in [-0.2, -0.15) is 0 Å². The number of aliphatic hydroxyl groups excluding tert-OH is 1. The van der Waals surface area contributed by atoms with Gasteiger partial charge in [0.05, 0.1) is 18.6 Å². The molecule has 2 saturated heterocycles. The van der Waals surface area contributed by atoms with E-state index in [4.69, 9.17) is 4.74 Å². The number of carbonyl (C=O) groups excluding carboxylic acids is 1. The third kappa shape index (κ3) is 2.25. The number of ether oxygens (including phenoxy) is 1. The second kappa shape index (κ2) is 4.28. The molecule has 0 saturated carbocycles. The number of likely N-dealkylation sites (tertiary alicyclic amines) is 1. The number of β-amino-alcohol motifs (C(OH)–C–C–N with tert-alkyl or cyclic N) is 1. The molecule has 0 spiro atoms. The summed E-state index contributed by atoms with van der Waals surface area (Å²) in [6.07, 6.45) is 3.09. The maximum Gasteiger partial charge on any atom is 0.225 e. The number of amides is 1. The van der Waals surface area contributed by atoms with Crippen molar-refractivity contribution in [2.45, 2.75) is 37.9 Å². The summed E-state index contributed by atoms with van der Waals surface area (Å²) in [7, 11) is 0. The summed E-state index contributed by atoms with van der Waals surface area (Å²) in [5.41, 5.74) is 0. The van der Waals surface area contributed by atoms with Crippen molar-refractivity contribution in [3.8, 4) is 0 Å². The van der Waals surface area contributed by atoms with Gasteiger partial charge in [-0.25, -0.2) is 0 Å². The molecule has 0 radical (unpaired) electrons. The maximum absolute atomic E-state index is 11.7. The van der Waals surface area contributed by atoms with Crippen LogP contribution >= 0.6 is 0 Å². The predicted molar refractivity (Wildman–Crippen MR) is 50.8 cm³/mol. The van der Waals surface area contributed by atoms with Crippen molar-refractivity contribution in [1.29, 1.82) is 0 Å². The van der Waals surface area contributed by atoms with Crippen LogP contribution in [0.1, 0.15) is 25.7 Å². The molecule has 2 fully saturated rings. The topological polar surface area (TPSA) is 49.8 Å². The third-order valence-corrected chi connectivity index (χ3v) is 2.94. The number of hydrogen-bond donors (Lipinski definition) is 1. The number of hydrogen-bond acceptors (Lipinski definition) is 3. The average Bonchev–Trinajstić information content (AvgIpc) is 2.75. The highest BCUT2D eigenvalue weighted by molar-refractivity contribution is 5.77. The Hall–Kier alpha value is -0.610. The second-order valence-corrected chi connectivity index (χ2v) is 4.12. The van der Waals surface area contributed by atoms with Crippen LogP contribution in [0.2, 0.25) is 0 Å². The Morgan fingerprint density at radius 2 is 2.36 bits per heavy atom. The minimum absolute atomic E-state index is 0.125. The van der Waals surface area contributed by atoms with E-state index in [0.717, 1.165) is 25.9 Å².